The van der Waals surface area contributed by atoms with E-state index in [1.165, 1.54) is 0 Å². The van der Waals surface area contributed by atoms with Crippen molar-refractivity contribution in [1.29, 1.82) is 5.26 Å². The number of carbonyl (C=O) groups is 1. The van der Waals surface area contributed by atoms with E-state index in [2.05, 4.69) is 15.5 Å². The Morgan fingerprint density at radius 1 is 1.12 bits per heavy atom. The van der Waals surface area contributed by atoms with Crippen molar-refractivity contribution in [3.63, 3.8) is 0 Å². The van der Waals surface area contributed by atoms with E-state index in [1.807, 2.05) is 24.3 Å². The standard InChI is InChI=1S/C18H12N4O4/c19-9-11-5-7-12(8-6-11)16(23)20-18-22-21-17(26-18)15-10-24-13-3-1-2-4-14(13)25-15/h1-8,15H,10H2,(H,20,22,23)/t15-/m0/s1. The van der Waals surface area contributed by atoms with E-state index in [0.29, 0.717) is 22.6 Å². The molecule has 8 heteroatoms. The van der Waals surface area contributed by atoms with Crippen LogP contribution in [0.4, 0.5) is 6.01 Å². The predicted octanol–water partition coefficient (Wildman–Crippen LogP) is 2.71. The molecule has 2 aromatic carbocycles. The van der Waals surface area contributed by atoms with Crippen LogP contribution in [0.5, 0.6) is 11.5 Å². The van der Waals surface area contributed by atoms with E-state index in [1.54, 1.807) is 30.3 Å². The molecule has 0 bridgehead atoms. The number of hydrogen-bond acceptors (Lipinski definition) is 7. The molecule has 1 atom stereocenters. The lowest BCUT2D eigenvalue weighted by Crippen LogP contribution is -2.21. The Bertz CT molecular complexity index is 991. The topological polar surface area (TPSA) is 110 Å². The zero-order chi connectivity index (χ0) is 17.9. The lowest BCUT2D eigenvalue weighted by atomic mass is 10.1. The number of hydrogen-bond donors (Lipinski definition) is 1. The fraction of sp³-hybridized carbons (Fsp3) is 0.111. The van der Waals surface area contributed by atoms with Gasteiger partial charge in [0.2, 0.25) is 6.10 Å². The molecule has 1 aliphatic rings. The smallest absolute Gasteiger partial charge is 0.322 e. The van der Waals surface area contributed by atoms with Gasteiger partial charge < -0.3 is 13.9 Å². The highest BCUT2D eigenvalue weighted by atomic mass is 16.6. The first-order valence-corrected chi connectivity index (χ1v) is 7.76. The summed E-state index contributed by atoms with van der Waals surface area (Å²) in [6.45, 7) is 0.224. The molecule has 0 fully saturated rings. The Kier molecular flexibility index (Phi) is 3.95. The lowest BCUT2D eigenvalue weighted by molar-refractivity contribution is 0.0716. The van der Waals surface area contributed by atoms with Crippen LogP contribution in [0.15, 0.2) is 52.9 Å². The molecule has 0 saturated carbocycles. The Labute approximate surface area is 148 Å². The van der Waals surface area contributed by atoms with Gasteiger partial charge >= 0.3 is 6.01 Å². The van der Waals surface area contributed by atoms with Gasteiger partial charge in [-0.15, -0.1) is 5.10 Å². The third-order valence-electron chi connectivity index (χ3n) is 3.72. The van der Waals surface area contributed by atoms with Crippen molar-refractivity contribution < 1.29 is 18.7 Å². The molecular weight excluding hydrogens is 336 g/mol. The van der Waals surface area contributed by atoms with E-state index < -0.39 is 12.0 Å². The summed E-state index contributed by atoms with van der Waals surface area (Å²) in [6.07, 6.45) is -0.557. The average molecular weight is 348 g/mol. The van der Waals surface area contributed by atoms with Gasteiger partial charge in [-0.3, -0.25) is 10.1 Å². The van der Waals surface area contributed by atoms with Gasteiger partial charge in [0.1, 0.15) is 6.61 Å². The van der Waals surface area contributed by atoms with Gasteiger partial charge in [-0.05, 0) is 36.4 Å². The van der Waals surface area contributed by atoms with E-state index in [-0.39, 0.29) is 18.5 Å². The third-order valence-corrected chi connectivity index (χ3v) is 3.72. The molecule has 26 heavy (non-hydrogen) atoms. The normalized spacial score (nSPS) is 15.1. The van der Waals surface area contributed by atoms with E-state index in [4.69, 9.17) is 19.2 Å². The number of amides is 1. The summed E-state index contributed by atoms with van der Waals surface area (Å²) in [5, 5.41) is 19.0. The maximum Gasteiger partial charge on any atom is 0.322 e. The molecule has 1 aliphatic heterocycles. The van der Waals surface area contributed by atoms with Gasteiger partial charge in [-0.1, -0.05) is 17.2 Å². The molecule has 128 valence electrons. The number of para-hydroxylation sites is 2. The first-order valence-electron chi connectivity index (χ1n) is 7.76. The van der Waals surface area contributed by atoms with Crippen LogP contribution >= 0.6 is 0 Å². The van der Waals surface area contributed by atoms with Crippen molar-refractivity contribution in [3.05, 3.63) is 65.5 Å². The molecule has 2 heterocycles. The van der Waals surface area contributed by atoms with Gasteiger partial charge in [-0.25, -0.2) is 0 Å². The number of fused-ring (bicyclic) bond motifs is 1. The number of nitrogens with zero attached hydrogens (tertiary/aromatic N) is 3. The summed E-state index contributed by atoms with van der Waals surface area (Å²) in [5.41, 5.74) is 0.839. The molecule has 0 saturated heterocycles. The molecular formula is C18H12N4O4. The first-order chi connectivity index (χ1) is 12.7. The maximum atomic E-state index is 12.2. The fourth-order valence-corrected chi connectivity index (χ4v) is 2.42. The van der Waals surface area contributed by atoms with Crippen molar-refractivity contribution in [2.24, 2.45) is 0 Å². The minimum Gasteiger partial charge on any atom is -0.485 e. The van der Waals surface area contributed by atoms with Crippen molar-refractivity contribution in [2.75, 3.05) is 11.9 Å². The number of ether oxygens (including phenoxy) is 2. The van der Waals surface area contributed by atoms with Crippen LogP contribution in [0.1, 0.15) is 27.9 Å². The molecule has 0 radical (unpaired) electrons. The molecule has 1 N–H and O–H groups in total. The molecule has 1 amide bonds. The summed E-state index contributed by atoms with van der Waals surface area (Å²) in [5.74, 6) is 1.02. The summed E-state index contributed by atoms with van der Waals surface area (Å²) in [4.78, 5) is 12.2. The molecule has 4 rings (SSSR count). The largest absolute Gasteiger partial charge is 0.485 e. The monoisotopic (exact) mass is 348 g/mol. The Hall–Kier alpha value is -3.86. The summed E-state index contributed by atoms with van der Waals surface area (Å²) in [6, 6.07) is 15.4. The molecule has 0 spiro atoms. The number of nitriles is 1. The Balaban J connectivity index is 1.45. The van der Waals surface area contributed by atoms with Crippen LogP contribution in [0.3, 0.4) is 0 Å². The van der Waals surface area contributed by atoms with Crippen molar-refractivity contribution in [2.45, 2.75) is 6.10 Å². The van der Waals surface area contributed by atoms with Crippen LogP contribution in [0.2, 0.25) is 0 Å². The molecule has 1 aromatic heterocycles. The molecule has 0 aliphatic carbocycles. The highest BCUT2D eigenvalue weighted by molar-refractivity contribution is 6.03. The molecule has 0 unspecified atom stereocenters. The third kappa shape index (κ3) is 3.06. The quantitative estimate of drug-likeness (QED) is 0.774. The number of benzene rings is 2. The van der Waals surface area contributed by atoms with Gasteiger partial charge in [0.15, 0.2) is 11.5 Å². The SMILES string of the molecule is N#Cc1ccc(C(=O)Nc2nnc([C@@H]3COc4ccccc4O3)o2)cc1. The van der Waals surface area contributed by atoms with E-state index in [9.17, 15) is 4.79 Å². The Morgan fingerprint density at radius 2 is 1.88 bits per heavy atom. The number of rotatable bonds is 3. The van der Waals surface area contributed by atoms with Gasteiger partial charge in [0.05, 0.1) is 11.6 Å². The average Bonchev–Trinajstić information content (AvgIpc) is 3.16. The summed E-state index contributed by atoms with van der Waals surface area (Å²) >= 11 is 0. The van der Waals surface area contributed by atoms with Gasteiger partial charge in [0.25, 0.3) is 11.8 Å². The summed E-state index contributed by atoms with van der Waals surface area (Å²) in [7, 11) is 0. The lowest BCUT2D eigenvalue weighted by Gasteiger charge is -2.23. The highest BCUT2D eigenvalue weighted by Gasteiger charge is 2.27. The highest BCUT2D eigenvalue weighted by Crippen LogP contribution is 2.35. The zero-order valence-electron chi connectivity index (χ0n) is 13.4. The zero-order valence-corrected chi connectivity index (χ0v) is 13.4. The van der Waals surface area contributed by atoms with E-state index in [0.717, 1.165) is 0 Å². The van der Waals surface area contributed by atoms with Crippen LogP contribution in [-0.2, 0) is 0 Å². The molecule has 8 nitrogen and oxygen atoms in total. The van der Waals surface area contributed by atoms with Crippen molar-refractivity contribution >= 4 is 11.9 Å². The maximum absolute atomic E-state index is 12.2. The Morgan fingerprint density at radius 3 is 2.65 bits per heavy atom. The fourth-order valence-electron chi connectivity index (χ4n) is 2.42. The van der Waals surface area contributed by atoms with Crippen LogP contribution in [0.25, 0.3) is 0 Å². The number of aromatic nitrogens is 2. The van der Waals surface area contributed by atoms with Crippen molar-refractivity contribution in [3.8, 4) is 17.6 Å². The van der Waals surface area contributed by atoms with Crippen LogP contribution in [-0.4, -0.2) is 22.7 Å². The minimum atomic E-state index is -0.557. The van der Waals surface area contributed by atoms with Crippen molar-refractivity contribution in [1.82, 2.24) is 10.2 Å². The number of nitrogens with one attached hydrogen (secondary N) is 1. The predicted molar refractivity (Wildman–Crippen MR) is 88.7 cm³/mol. The summed E-state index contributed by atoms with van der Waals surface area (Å²) < 4.78 is 16.9. The number of carbonyl (C=O) groups excluding carboxylic acids is 1. The minimum absolute atomic E-state index is 0.0446. The van der Waals surface area contributed by atoms with Gasteiger partial charge in [-0.2, -0.15) is 5.26 Å². The number of anilines is 1. The van der Waals surface area contributed by atoms with Crippen LogP contribution in [0, 0.1) is 11.3 Å². The first kappa shape index (κ1) is 15.7. The second-order valence-corrected chi connectivity index (χ2v) is 5.45. The van der Waals surface area contributed by atoms with Gasteiger partial charge in [0, 0.05) is 5.56 Å². The molecule has 3 aromatic rings. The van der Waals surface area contributed by atoms with Crippen LogP contribution < -0.4 is 14.8 Å². The second kappa shape index (κ2) is 6.57. The second-order valence-electron chi connectivity index (χ2n) is 5.45. The van der Waals surface area contributed by atoms with E-state index >= 15 is 0 Å².